The zero-order valence-corrected chi connectivity index (χ0v) is 32.5. The predicted octanol–water partition coefficient (Wildman–Crippen LogP) is 5.41. The largest absolute Gasteiger partial charge is 0.396 e. The highest BCUT2D eigenvalue weighted by molar-refractivity contribution is 7.92. The molecule has 3 aliphatic rings. The molecule has 13 nitrogen and oxygen atoms in total. The predicted molar refractivity (Wildman–Crippen MR) is 211 cm³/mol. The van der Waals surface area contributed by atoms with Gasteiger partial charge < -0.3 is 25.5 Å². The maximum Gasteiger partial charge on any atom is 0.258 e. The third-order valence-electron chi connectivity index (χ3n) is 10.3. The minimum absolute atomic E-state index is 0.0166. The van der Waals surface area contributed by atoms with Crippen molar-refractivity contribution >= 4 is 56.2 Å². The number of sulfone groups is 1. The second-order valence-electron chi connectivity index (χ2n) is 15.1. The van der Waals surface area contributed by atoms with E-state index >= 15 is 0 Å². The molecule has 0 bridgehead atoms. The number of rotatable bonds is 12. The van der Waals surface area contributed by atoms with Gasteiger partial charge in [0.1, 0.15) is 0 Å². The number of amides is 4. The van der Waals surface area contributed by atoms with Crippen LogP contribution >= 0.6 is 0 Å². The summed E-state index contributed by atoms with van der Waals surface area (Å²) < 4.78 is 38.1. The van der Waals surface area contributed by atoms with Gasteiger partial charge in [-0.2, -0.15) is 0 Å². The average Bonchev–Trinajstić information content (AvgIpc) is 3.99. The Bertz CT molecular complexity index is 2280. The number of aliphatic hydroxyl groups is 1. The smallest absolute Gasteiger partial charge is 0.258 e. The number of hydrogen-bond acceptors (Lipinski definition) is 9. The van der Waals surface area contributed by atoms with Crippen LogP contribution in [0.4, 0.5) is 27.1 Å². The standard InChI is InChI=1S/C22H25N3O4S.C19H20FN3O3/c1-22(2)18-7-4-16(24-20(26)15-8-10-23-11-9-15)14-19(18)25(21(22)27)12-3-13-30(28,29)17-5-6-17;1-19(2)14-5-4-12(10-16(14)23(18(19)26)8-3-9-24)22-17(25)13-6-7-21-11-15(13)20/h4,7-11,14,17H,3,5-6,12-13H2,1-2H3,(H,24,26);4-7,10-11,24H,3,8-9H2,1-2H3,(H,22,25). The average molecular weight is 785 g/mol. The number of carbonyl (C=O) groups excluding carboxylic acids is 4. The van der Waals surface area contributed by atoms with E-state index in [9.17, 15) is 32.0 Å². The molecule has 0 atom stereocenters. The fourth-order valence-corrected chi connectivity index (χ4v) is 8.72. The Labute approximate surface area is 325 Å². The monoisotopic (exact) mass is 784 g/mol. The summed E-state index contributed by atoms with van der Waals surface area (Å²) in [5.41, 5.74) is 3.21. The number of nitrogens with zero attached hydrogens (tertiary/aromatic N) is 4. The molecule has 2 aromatic heterocycles. The van der Waals surface area contributed by atoms with Gasteiger partial charge in [0.15, 0.2) is 15.7 Å². The molecule has 15 heteroatoms. The van der Waals surface area contributed by atoms with Crippen LogP contribution in [0.25, 0.3) is 0 Å². The number of anilines is 4. The molecule has 7 rings (SSSR count). The van der Waals surface area contributed by atoms with Gasteiger partial charge in [-0.1, -0.05) is 12.1 Å². The first-order valence-corrected chi connectivity index (χ1v) is 20.2. The van der Waals surface area contributed by atoms with Crippen LogP contribution in [0.15, 0.2) is 79.4 Å². The number of halogens is 1. The Kier molecular flexibility index (Phi) is 11.4. The van der Waals surface area contributed by atoms with Crippen molar-refractivity contribution in [2.45, 2.75) is 69.5 Å². The fraction of sp³-hybridized carbons (Fsp3) is 0.366. The van der Waals surface area contributed by atoms with Gasteiger partial charge in [-0.05, 0) is 107 Å². The van der Waals surface area contributed by atoms with E-state index in [1.165, 1.54) is 12.3 Å². The minimum Gasteiger partial charge on any atom is -0.396 e. The number of aliphatic hydroxyl groups excluding tert-OH is 1. The third-order valence-corrected chi connectivity index (χ3v) is 12.7. The lowest BCUT2D eigenvalue weighted by Gasteiger charge is -2.20. The highest BCUT2D eigenvalue weighted by Crippen LogP contribution is 2.44. The molecular weight excluding hydrogens is 740 g/mol. The molecular formula is C41H45FN6O7S. The maximum atomic E-state index is 13.7. The molecule has 3 N–H and O–H groups in total. The van der Waals surface area contributed by atoms with Gasteiger partial charge in [0.2, 0.25) is 11.8 Å². The highest BCUT2D eigenvalue weighted by atomic mass is 32.2. The lowest BCUT2D eigenvalue weighted by atomic mass is 9.86. The first kappa shape index (κ1) is 40.1. The normalized spacial score (nSPS) is 16.5. The van der Waals surface area contributed by atoms with E-state index in [-0.39, 0.29) is 40.9 Å². The molecule has 0 unspecified atom stereocenters. The van der Waals surface area contributed by atoms with E-state index in [1.54, 1.807) is 64.7 Å². The molecule has 56 heavy (non-hydrogen) atoms. The minimum atomic E-state index is -3.06. The molecule has 4 aromatic rings. The molecule has 1 aliphatic carbocycles. The molecule has 2 aliphatic heterocycles. The van der Waals surface area contributed by atoms with Crippen LogP contribution < -0.4 is 20.4 Å². The summed E-state index contributed by atoms with van der Waals surface area (Å²) in [6.45, 7) is 8.13. The maximum absolute atomic E-state index is 13.7. The van der Waals surface area contributed by atoms with Gasteiger partial charge >= 0.3 is 0 Å². The summed E-state index contributed by atoms with van der Waals surface area (Å²) in [4.78, 5) is 61.3. The summed E-state index contributed by atoms with van der Waals surface area (Å²) in [6, 6.07) is 15.2. The fourth-order valence-electron chi connectivity index (χ4n) is 7.00. The third kappa shape index (κ3) is 8.19. The van der Waals surface area contributed by atoms with Crippen LogP contribution in [0.3, 0.4) is 0 Å². The molecule has 0 saturated heterocycles. The van der Waals surface area contributed by atoms with Crippen molar-refractivity contribution in [2.75, 3.05) is 45.9 Å². The zero-order valence-electron chi connectivity index (χ0n) is 31.7. The zero-order chi connectivity index (χ0) is 40.4. The molecule has 1 saturated carbocycles. The summed E-state index contributed by atoms with van der Waals surface area (Å²) in [5, 5.41) is 14.4. The van der Waals surface area contributed by atoms with E-state index in [0.29, 0.717) is 48.6 Å². The van der Waals surface area contributed by atoms with Gasteiger partial charge in [0, 0.05) is 66.6 Å². The number of carbonyl (C=O) groups is 4. The number of fused-ring (bicyclic) bond motifs is 2. The van der Waals surface area contributed by atoms with E-state index in [0.717, 1.165) is 35.9 Å². The SMILES string of the molecule is CC1(C)C(=O)N(CCCO)c2cc(NC(=O)c3ccncc3F)ccc21.CC1(C)C(=O)N(CCCS(=O)(=O)C2CC2)c2cc(NC(=O)c3ccncc3)ccc21. The Balaban J connectivity index is 0.000000192. The lowest BCUT2D eigenvalue weighted by Crippen LogP contribution is -2.37. The van der Waals surface area contributed by atoms with E-state index in [4.69, 9.17) is 5.11 Å². The van der Waals surface area contributed by atoms with Crippen LogP contribution in [-0.2, 0) is 30.3 Å². The molecule has 0 radical (unpaired) electrons. The summed E-state index contributed by atoms with van der Waals surface area (Å²) in [7, 11) is -3.06. The Morgan fingerprint density at radius 2 is 1.30 bits per heavy atom. The van der Waals surface area contributed by atoms with Crippen LogP contribution in [0.5, 0.6) is 0 Å². The van der Waals surface area contributed by atoms with Crippen LogP contribution in [0.2, 0.25) is 0 Å². The topological polar surface area (TPSA) is 179 Å². The second kappa shape index (κ2) is 15.9. The molecule has 4 amide bonds. The van der Waals surface area contributed by atoms with Crippen molar-refractivity contribution in [3.8, 4) is 0 Å². The Morgan fingerprint density at radius 3 is 1.82 bits per heavy atom. The van der Waals surface area contributed by atoms with Gasteiger partial charge in [-0.25, -0.2) is 12.8 Å². The van der Waals surface area contributed by atoms with Crippen molar-refractivity contribution < 1.29 is 37.1 Å². The number of aromatic nitrogens is 2. The summed E-state index contributed by atoms with van der Waals surface area (Å²) >= 11 is 0. The van der Waals surface area contributed by atoms with E-state index < -0.39 is 32.4 Å². The number of pyridine rings is 2. The number of benzene rings is 2. The Hall–Kier alpha value is -5.54. The van der Waals surface area contributed by atoms with E-state index in [1.807, 2.05) is 33.8 Å². The van der Waals surface area contributed by atoms with Crippen LogP contribution in [0, 0.1) is 5.82 Å². The molecule has 294 valence electrons. The van der Waals surface area contributed by atoms with Gasteiger partial charge in [0.05, 0.1) is 33.6 Å². The number of hydrogen-bond donors (Lipinski definition) is 3. The van der Waals surface area contributed by atoms with Crippen molar-refractivity contribution in [1.82, 2.24) is 9.97 Å². The lowest BCUT2D eigenvalue weighted by molar-refractivity contribution is -0.122. The van der Waals surface area contributed by atoms with Crippen molar-refractivity contribution in [3.05, 3.63) is 107 Å². The first-order chi connectivity index (χ1) is 26.6. The molecule has 0 spiro atoms. The van der Waals surface area contributed by atoms with Gasteiger partial charge in [-0.3, -0.25) is 29.1 Å². The summed E-state index contributed by atoms with van der Waals surface area (Å²) in [5.74, 6) is -1.57. The van der Waals surface area contributed by atoms with E-state index in [2.05, 4.69) is 20.6 Å². The van der Waals surface area contributed by atoms with Crippen molar-refractivity contribution in [1.29, 1.82) is 0 Å². The Morgan fingerprint density at radius 1 is 0.786 bits per heavy atom. The quantitative estimate of drug-likeness (QED) is 0.170. The molecule has 1 fully saturated rings. The first-order valence-electron chi connectivity index (χ1n) is 18.4. The highest BCUT2D eigenvalue weighted by Gasteiger charge is 2.45. The van der Waals surface area contributed by atoms with Gasteiger partial charge in [-0.15, -0.1) is 0 Å². The molecule has 4 heterocycles. The van der Waals surface area contributed by atoms with Crippen molar-refractivity contribution in [3.63, 3.8) is 0 Å². The van der Waals surface area contributed by atoms with Crippen LogP contribution in [0.1, 0.15) is 85.2 Å². The van der Waals surface area contributed by atoms with Crippen molar-refractivity contribution in [2.24, 2.45) is 0 Å². The van der Waals surface area contributed by atoms with Gasteiger partial charge in [0.25, 0.3) is 11.8 Å². The van der Waals surface area contributed by atoms with Crippen LogP contribution in [-0.4, -0.2) is 77.8 Å². The number of nitrogens with one attached hydrogen (secondary N) is 2. The molecule has 2 aromatic carbocycles. The summed E-state index contributed by atoms with van der Waals surface area (Å²) in [6.07, 6.45) is 7.79. The second-order valence-corrected chi connectivity index (χ2v) is 17.5.